The summed E-state index contributed by atoms with van der Waals surface area (Å²) in [5, 5.41) is 0. The van der Waals surface area contributed by atoms with Crippen molar-refractivity contribution in [1.29, 1.82) is 0 Å². The summed E-state index contributed by atoms with van der Waals surface area (Å²) in [5.41, 5.74) is 10.0. The van der Waals surface area contributed by atoms with E-state index < -0.39 is 0 Å². The number of nitrogens with two attached hydrogens (primary N) is 1. The largest absolute Gasteiger partial charge is 0.397 e. The minimum absolute atomic E-state index is 0.685. The van der Waals surface area contributed by atoms with Gasteiger partial charge in [-0.05, 0) is 75.1 Å². The molecule has 0 aromatic heterocycles. The Labute approximate surface area is 159 Å². The van der Waals surface area contributed by atoms with Crippen LogP contribution in [0.15, 0.2) is 18.2 Å². The van der Waals surface area contributed by atoms with E-state index in [0.29, 0.717) is 12.0 Å². The maximum absolute atomic E-state index is 6.33. The fourth-order valence-electron chi connectivity index (χ4n) is 4.61. The molecule has 0 spiro atoms. The Balaban J connectivity index is 1.61. The van der Waals surface area contributed by atoms with Crippen molar-refractivity contribution >= 4 is 11.4 Å². The topological polar surface area (TPSA) is 41.7 Å². The van der Waals surface area contributed by atoms with E-state index in [9.17, 15) is 0 Å². The van der Waals surface area contributed by atoms with Gasteiger partial charge in [-0.25, -0.2) is 0 Å². The molecule has 26 heavy (non-hydrogen) atoms. The van der Waals surface area contributed by atoms with Crippen molar-refractivity contribution in [3.05, 3.63) is 23.8 Å². The predicted octanol–water partition coefficient (Wildman–Crippen LogP) is 4.11. The van der Waals surface area contributed by atoms with Gasteiger partial charge in [0.1, 0.15) is 0 Å². The van der Waals surface area contributed by atoms with Crippen LogP contribution in [0.1, 0.15) is 56.9 Å². The Morgan fingerprint density at radius 3 is 2.46 bits per heavy atom. The molecule has 0 amide bonds. The van der Waals surface area contributed by atoms with Gasteiger partial charge in [0.25, 0.3) is 0 Å². The highest BCUT2D eigenvalue weighted by molar-refractivity contribution is 5.69. The van der Waals surface area contributed by atoms with Crippen molar-refractivity contribution in [2.45, 2.75) is 57.4 Å². The van der Waals surface area contributed by atoms with Gasteiger partial charge < -0.3 is 20.3 Å². The molecule has 1 saturated carbocycles. The molecule has 1 saturated heterocycles. The zero-order chi connectivity index (χ0) is 18.5. The van der Waals surface area contributed by atoms with Gasteiger partial charge in [-0.3, -0.25) is 0 Å². The quantitative estimate of drug-likeness (QED) is 0.776. The zero-order valence-corrected chi connectivity index (χ0v) is 16.9. The molecule has 3 rings (SSSR count). The number of rotatable bonds is 6. The lowest BCUT2D eigenvalue weighted by Crippen LogP contribution is -2.36. The highest BCUT2D eigenvalue weighted by atomic mass is 16.5. The molecule has 4 heteroatoms. The minimum Gasteiger partial charge on any atom is -0.397 e. The Kier molecular flexibility index (Phi) is 6.82. The maximum Gasteiger partial charge on any atom is 0.0602 e. The number of hydrogen-bond donors (Lipinski definition) is 1. The first-order valence-corrected chi connectivity index (χ1v) is 10.4. The first-order chi connectivity index (χ1) is 12.6. The molecule has 4 nitrogen and oxygen atoms in total. The monoisotopic (exact) mass is 359 g/mol. The number of hydrogen-bond acceptors (Lipinski definition) is 4. The molecule has 146 valence electrons. The third kappa shape index (κ3) is 4.72. The average molecular weight is 360 g/mol. The predicted molar refractivity (Wildman–Crippen MR) is 111 cm³/mol. The van der Waals surface area contributed by atoms with Crippen LogP contribution < -0.4 is 10.6 Å². The Morgan fingerprint density at radius 1 is 1.12 bits per heavy atom. The first kappa shape index (κ1) is 19.5. The van der Waals surface area contributed by atoms with Crippen LogP contribution in [0.25, 0.3) is 0 Å². The number of nitrogens with zero attached hydrogens (tertiary/aromatic N) is 2. The van der Waals surface area contributed by atoms with Gasteiger partial charge in [-0.1, -0.05) is 13.0 Å². The second kappa shape index (κ2) is 9.09. The summed E-state index contributed by atoms with van der Waals surface area (Å²) < 4.78 is 5.22. The number of ether oxygens (including phenoxy) is 1. The molecule has 1 aromatic rings. The summed E-state index contributed by atoms with van der Waals surface area (Å²) in [7, 11) is 4.02. The summed E-state index contributed by atoms with van der Waals surface area (Å²) >= 11 is 0. The number of likely N-dealkylation sites (N-methyl/N-ethyl adjacent to an activating group) is 1. The van der Waals surface area contributed by atoms with Gasteiger partial charge in [0.2, 0.25) is 0 Å². The average Bonchev–Trinajstić information content (AvgIpc) is 2.67. The van der Waals surface area contributed by atoms with Gasteiger partial charge in [-0.2, -0.15) is 0 Å². The van der Waals surface area contributed by atoms with E-state index >= 15 is 0 Å². The molecule has 2 N–H and O–H groups in total. The number of piperidine rings is 1. The fourth-order valence-corrected chi connectivity index (χ4v) is 4.61. The SMILES string of the molecule is COCCN(C)C1CCC(c2ccc(N)c(N3CCC(C)CC3)c2)CC1. The second-order valence-corrected chi connectivity index (χ2v) is 8.47. The molecule has 2 fully saturated rings. The van der Waals surface area contributed by atoms with E-state index in [0.717, 1.165) is 37.8 Å². The molecule has 0 bridgehead atoms. The third-order valence-corrected chi connectivity index (χ3v) is 6.62. The van der Waals surface area contributed by atoms with Crippen molar-refractivity contribution in [3.8, 4) is 0 Å². The minimum atomic E-state index is 0.685. The van der Waals surface area contributed by atoms with Crippen LogP contribution in [0.5, 0.6) is 0 Å². The molecule has 2 aliphatic rings. The first-order valence-electron chi connectivity index (χ1n) is 10.4. The Bertz CT molecular complexity index is 561. The standard InChI is InChI=1S/C22H37N3O/c1-17-10-12-25(13-11-17)22-16-19(6-9-21(22)23)18-4-7-20(8-5-18)24(2)14-15-26-3/h6,9,16-18,20H,4-5,7-8,10-15,23H2,1-3H3. The molecule has 1 aliphatic carbocycles. The van der Waals surface area contributed by atoms with Crippen molar-refractivity contribution < 1.29 is 4.74 Å². The van der Waals surface area contributed by atoms with Gasteiger partial charge in [0, 0.05) is 32.8 Å². The zero-order valence-electron chi connectivity index (χ0n) is 16.9. The summed E-state index contributed by atoms with van der Waals surface area (Å²) in [6.07, 6.45) is 7.69. The molecule has 0 atom stereocenters. The van der Waals surface area contributed by atoms with Crippen LogP contribution in [-0.4, -0.2) is 51.3 Å². The Morgan fingerprint density at radius 2 is 1.81 bits per heavy atom. The summed E-state index contributed by atoms with van der Waals surface area (Å²) in [4.78, 5) is 4.98. The molecular formula is C22H37N3O. The normalized spacial score (nSPS) is 25.0. The van der Waals surface area contributed by atoms with E-state index in [1.54, 1.807) is 7.11 Å². The van der Waals surface area contributed by atoms with Crippen molar-refractivity contribution in [2.75, 3.05) is 51.0 Å². The summed E-state index contributed by atoms with van der Waals surface area (Å²) in [6.45, 7) is 6.51. The van der Waals surface area contributed by atoms with E-state index in [4.69, 9.17) is 10.5 Å². The highest BCUT2D eigenvalue weighted by Crippen LogP contribution is 2.38. The highest BCUT2D eigenvalue weighted by Gasteiger charge is 2.26. The van der Waals surface area contributed by atoms with Crippen LogP contribution >= 0.6 is 0 Å². The third-order valence-electron chi connectivity index (χ3n) is 6.62. The molecule has 1 heterocycles. The van der Waals surface area contributed by atoms with Crippen molar-refractivity contribution in [3.63, 3.8) is 0 Å². The fraction of sp³-hybridized carbons (Fsp3) is 0.727. The van der Waals surface area contributed by atoms with Crippen LogP contribution in [-0.2, 0) is 4.74 Å². The lowest BCUT2D eigenvalue weighted by molar-refractivity contribution is 0.120. The smallest absolute Gasteiger partial charge is 0.0602 e. The van der Waals surface area contributed by atoms with Gasteiger partial charge >= 0.3 is 0 Å². The van der Waals surface area contributed by atoms with E-state index in [2.05, 4.69) is 42.0 Å². The molecular weight excluding hydrogens is 322 g/mol. The summed E-state index contributed by atoms with van der Waals surface area (Å²) in [6, 6.07) is 7.51. The van der Waals surface area contributed by atoms with E-state index in [1.165, 1.54) is 49.8 Å². The van der Waals surface area contributed by atoms with Crippen LogP contribution in [0, 0.1) is 5.92 Å². The second-order valence-electron chi connectivity index (χ2n) is 8.47. The number of benzene rings is 1. The van der Waals surface area contributed by atoms with Gasteiger partial charge in [0.05, 0.1) is 18.0 Å². The number of nitrogen functional groups attached to an aromatic ring is 1. The number of anilines is 2. The van der Waals surface area contributed by atoms with Gasteiger partial charge in [0.15, 0.2) is 0 Å². The van der Waals surface area contributed by atoms with Gasteiger partial charge in [-0.15, -0.1) is 0 Å². The lowest BCUT2D eigenvalue weighted by atomic mass is 9.81. The number of methoxy groups -OCH3 is 1. The maximum atomic E-state index is 6.33. The molecule has 0 unspecified atom stereocenters. The molecule has 0 radical (unpaired) electrons. The molecule has 1 aliphatic heterocycles. The lowest BCUT2D eigenvalue weighted by Gasteiger charge is -2.36. The van der Waals surface area contributed by atoms with Crippen LogP contribution in [0.2, 0.25) is 0 Å². The van der Waals surface area contributed by atoms with Crippen LogP contribution in [0.4, 0.5) is 11.4 Å². The van der Waals surface area contributed by atoms with E-state index in [1.807, 2.05) is 0 Å². The van der Waals surface area contributed by atoms with Crippen LogP contribution in [0.3, 0.4) is 0 Å². The van der Waals surface area contributed by atoms with E-state index in [-0.39, 0.29) is 0 Å². The molecule has 1 aromatic carbocycles. The van der Waals surface area contributed by atoms with Crippen molar-refractivity contribution in [2.24, 2.45) is 5.92 Å². The Hall–Kier alpha value is -1.26. The van der Waals surface area contributed by atoms with Crippen molar-refractivity contribution in [1.82, 2.24) is 4.90 Å². The summed E-state index contributed by atoms with van der Waals surface area (Å²) in [5.74, 6) is 1.53.